The van der Waals surface area contributed by atoms with Crippen molar-refractivity contribution in [3.8, 4) is 11.5 Å². The summed E-state index contributed by atoms with van der Waals surface area (Å²) in [5.41, 5.74) is 2.02. The van der Waals surface area contributed by atoms with Crippen molar-refractivity contribution in [3.05, 3.63) is 59.7 Å². The third-order valence-corrected chi connectivity index (χ3v) is 5.24. The number of methoxy groups -OCH3 is 1. The Morgan fingerprint density at radius 3 is 1.84 bits per heavy atom. The summed E-state index contributed by atoms with van der Waals surface area (Å²) in [5.74, 6) is 1.17. The minimum absolute atomic E-state index is 0.176. The average molecular weight is 451 g/mol. The van der Waals surface area contributed by atoms with Crippen molar-refractivity contribution in [2.75, 3.05) is 32.8 Å². The summed E-state index contributed by atoms with van der Waals surface area (Å²) < 4.78 is 21.3. The number of esters is 1. The van der Waals surface area contributed by atoms with Crippen LogP contribution in [0.4, 0.5) is 0 Å². The number of halogens is 1. The van der Waals surface area contributed by atoms with Crippen molar-refractivity contribution in [2.24, 2.45) is 0 Å². The van der Waals surface area contributed by atoms with Crippen molar-refractivity contribution in [3.63, 3.8) is 0 Å². The van der Waals surface area contributed by atoms with Gasteiger partial charge in [-0.1, -0.05) is 38.1 Å². The molecular formula is C24H31ClO6. The van der Waals surface area contributed by atoms with Gasteiger partial charge in [0.1, 0.15) is 36.9 Å². The van der Waals surface area contributed by atoms with Gasteiger partial charge in [0, 0.05) is 19.4 Å². The molecule has 2 aromatic carbocycles. The predicted octanol–water partition coefficient (Wildman–Crippen LogP) is 3.95. The molecule has 2 atom stereocenters. The molecule has 0 aliphatic heterocycles. The Balaban J connectivity index is 1.99. The quantitative estimate of drug-likeness (QED) is 0.390. The van der Waals surface area contributed by atoms with Gasteiger partial charge in [0.2, 0.25) is 0 Å². The van der Waals surface area contributed by atoms with Gasteiger partial charge in [0.25, 0.3) is 0 Å². The summed E-state index contributed by atoms with van der Waals surface area (Å²) in [4.78, 5) is 11.1. The molecule has 1 N–H and O–H groups in total. The first-order valence-corrected chi connectivity index (χ1v) is 10.7. The van der Waals surface area contributed by atoms with Gasteiger partial charge in [-0.25, -0.2) is 0 Å². The van der Waals surface area contributed by atoms with Crippen LogP contribution in [0.3, 0.4) is 0 Å². The van der Waals surface area contributed by atoms with Crippen LogP contribution in [0.15, 0.2) is 48.5 Å². The van der Waals surface area contributed by atoms with E-state index in [0.717, 1.165) is 11.1 Å². The number of aliphatic hydroxyl groups is 1. The summed E-state index contributed by atoms with van der Waals surface area (Å²) in [6.45, 7) is 6.25. The van der Waals surface area contributed by atoms with Crippen LogP contribution in [0.5, 0.6) is 11.5 Å². The van der Waals surface area contributed by atoms with Crippen LogP contribution in [0, 0.1) is 0 Å². The molecule has 0 fully saturated rings. The highest BCUT2D eigenvalue weighted by Crippen LogP contribution is 2.33. The molecule has 0 aliphatic rings. The van der Waals surface area contributed by atoms with E-state index in [0.29, 0.717) is 11.5 Å². The summed E-state index contributed by atoms with van der Waals surface area (Å²) in [6, 6.07) is 15.7. The van der Waals surface area contributed by atoms with E-state index >= 15 is 0 Å². The van der Waals surface area contributed by atoms with Gasteiger partial charge in [-0.3, -0.25) is 4.79 Å². The Hall–Kier alpha value is -2.28. The largest absolute Gasteiger partial charge is 0.491 e. The standard InChI is InChI=1S/C24H31ClO6/c1-17(26)31-23(13-25)16-30-22-11-7-19(8-12-22)24(2,3)18-5-9-21(10-6-18)29-15-20(27)14-28-4/h5-12,20,23,27H,13-16H2,1-4H3/t20-,23+/m1/s1. The van der Waals surface area contributed by atoms with Crippen LogP contribution in [0.1, 0.15) is 31.9 Å². The maximum Gasteiger partial charge on any atom is 0.303 e. The summed E-state index contributed by atoms with van der Waals surface area (Å²) in [6.07, 6.45) is -1.14. The molecule has 6 nitrogen and oxygen atoms in total. The fourth-order valence-electron chi connectivity index (χ4n) is 3.07. The monoisotopic (exact) mass is 450 g/mol. The lowest BCUT2D eigenvalue weighted by Gasteiger charge is -2.26. The van der Waals surface area contributed by atoms with E-state index in [1.54, 1.807) is 7.11 Å². The highest BCUT2D eigenvalue weighted by molar-refractivity contribution is 6.18. The van der Waals surface area contributed by atoms with E-state index in [4.69, 9.17) is 30.5 Å². The van der Waals surface area contributed by atoms with Crippen LogP contribution in [0.2, 0.25) is 0 Å². The van der Waals surface area contributed by atoms with Gasteiger partial charge in [-0.05, 0) is 35.4 Å². The lowest BCUT2D eigenvalue weighted by Crippen LogP contribution is -2.25. The third-order valence-electron chi connectivity index (χ3n) is 4.89. The second kappa shape index (κ2) is 11.9. The number of hydrogen-bond donors (Lipinski definition) is 1. The number of alkyl halides is 1. The van der Waals surface area contributed by atoms with Crippen LogP contribution < -0.4 is 9.47 Å². The molecule has 170 valence electrons. The van der Waals surface area contributed by atoms with Gasteiger partial charge < -0.3 is 24.1 Å². The van der Waals surface area contributed by atoms with Gasteiger partial charge in [0.15, 0.2) is 0 Å². The number of carbonyl (C=O) groups excluding carboxylic acids is 1. The fraction of sp³-hybridized carbons (Fsp3) is 0.458. The van der Waals surface area contributed by atoms with Gasteiger partial charge in [-0.15, -0.1) is 11.6 Å². The molecule has 0 heterocycles. The second-order valence-electron chi connectivity index (χ2n) is 7.79. The zero-order chi connectivity index (χ0) is 22.9. The third kappa shape index (κ3) is 7.73. The van der Waals surface area contributed by atoms with E-state index in [-0.39, 0.29) is 37.1 Å². The predicted molar refractivity (Wildman–Crippen MR) is 120 cm³/mol. The Morgan fingerprint density at radius 1 is 0.935 bits per heavy atom. The zero-order valence-corrected chi connectivity index (χ0v) is 19.2. The van der Waals surface area contributed by atoms with Crippen LogP contribution >= 0.6 is 11.6 Å². The molecule has 2 aromatic rings. The number of ether oxygens (including phenoxy) is 4. The first-order valence-electron chi connectivity index (χ1n) is 10.1. The summed E-state index contributed by atoms with van der Waals surface area (Å²) in [7, 11) is 1.54. The molecule has 0 aliphatic carbocycles. The molecule has 0 bridgehead atoms. The Kier molecular flexibility index (Phi) is 9.62. The zero-order valence-electron chi connectivity index (χ0n) is 18.5. The number of aliphatic hydroxyl groups excluding tert-OH is 1. The first-order chi connectivity index (χ1) is 14.8. The minimum Gasteiger partial charge on any atom is -0.491 e. The fourth-order valence-corrected chi connectivity index (χ4v) is 3.22. The van der Waals surface area contributed by atoms with Crippen LogP contribution in [-0.2, 0) is 19.7 Å². The van der Waals surface area contributed by atoms with Crippen molar-refractivity contribution in [1.29, 1.82) is 0 Å². The maximum atomic E-state index is 11.1. The van der Waals surface area contributed by atoms with E-state index in [2.05, 4.69) is 13.8 Å². The highest BCUT2D eigenvalue weighted by atomic mass is 35.5. The van der Waals surface area contributed by atoms with E-state index in [9.17, 15) is 9.90 Å². The lowest BCUT2D eigenvalue weighted by atomic mass is 9.78. The Morgan fingerprint density at radius 2 is 1.42 bits per heavy atom. The first kappa shape index (κ1) is 25.0. The molecule has 0 saturated heterocycles. The van der Waals surface area contributed by atoms with E-state index in [1.165, 1.54) is 6.92 Å². The molecule has 7 heteroatoms. The van der Waals surface area contributed by atoms with Gasteiger partial charge in [-0.2, -0.15) is 0 Å². The van der Waals surface area contributed by atoms with Crippen molar-refractivity contribution < 1.29 is 28.8 Å². The average Bonchev–Trinajstić information content (AvgIpc) is 2.75. The molecule has 0 saturated carbocycles. The smallest absolute Gasteiger partial charge is 0.303 e. The van der Waals surface area contributed by atoms with Crippen LogP contribution in [-0.4, -0.2) is 56.1 Å². The molecule has 0 spiro atoms. The van der Waals surface area contributed by atoms with Crippen molar-refractivity contribution in [2.45, 2.75) is 38.4 Å². The van der Waals surface area contributed by atoms with Crippen molar-refractivity contribution >= 4 is 17.6 Å². The molecule has 31 heavy (non-hydrogen) atoms. The highest BCUT2D eigenvalue weighted by Gasteiger charge is 2.23. The molecule has 0 radical (unpaired) electrons. The number of hydrogen-bond acceptors (Lipinski definition) is 6. The number of rotatable bonds is 12. The van der Waals surface area contributed by atoms with E-state index < -0.39 is 12.2 Å². The topological polar surface area (TPSA) is 74.2 Å². The number of benzene rings is 2. The Bertz CT molecular complexity index is 804. The minimum atomic E-state index is -0.657. The molecule has 0 unspecified atom stereocenters. The molecule has 0 amide bonds. The van der Waals surface area contributed by atoms with Crippen LogP contribution in [0.25, 0.3) is 0 Å². The Labute approximate surface area is 189 Å². The normalized spacial score (nSPS) is 13.4. The molecule has 2 rings (SSSR count). The SMILES string of the molecule is COC[C@@H](O)COc1ccc(C(C)(C)c2ccc(OC[C@H](CCl)OC(C)=O)cc2)cc1. The summed E-state index contributed by atoms with van der Waals surface area (Å²) in [5, 5.41) is 9.70. The second-order valence-corrected chi connectivity index (χ2v) is 8.10. The van der Waals surface area contributed by atoms with Gasteiger partial charge in [0.05, 0.1) is 12.5 Å². The lowest BCUT2D eigenvalue weighted by molar-refractivity contribution is -0.146. The molecular weight excluding hydrogens is 420 g/mol. The number of carbonyl (C=O) groups is 1. The summed E-state index contributed by atoms with van der Waals surface area (Å²) >= 11 is 5.81. The van der Waals surface area contributed by atoms with Gasteiger partial charge >= 0.3 is 5.97 Å². The van der Waals surface area contributed by atoms with E-state index in [1.807, 2.05) is 48.5 Å². The molecule has 0 aromatic heterocycles. The van der Waals surface area contributed by atoms with Crippen molar-refractivity contribution in [1.82, 2.24) is 0 Å². The maximum absolute atomic E-state index is 11.1.